The number of amides is 2. The Morgan fingerprint density at radius 3 is 2.77 bits per heavy atom. The summed E-state index contributed by atoms with van der Waals surface area (Å²) in [6, 6.07) is 8.66. The predicted molar refractivity (Wildman–Crippen MR) is 80.2 cm³/mol. The van der Waals surface area contributed by atoms with Gasteiger partial charge >= 0.3 is 6.09 Å². The third-order valence-corrected chi connectivity index (χ3v) is 3.61. The smallest absolute Gasteiger partial charge is 0.409 e. The van der Waals surface area contributed by atoms with E-state index in [4.69, 9.17) is 10.00 Å². The van der Waals surface area contributed by atoms with Gasteiger partial charge in [-0.15, -0.1) is 0 Å². The molecule has 1 saturated heterocycles. The monoisotopic (exact) mass is 301 g/mol. The number of ether oxygens (including phenoxy) is 1. The Labute approximate surface area is 129 Å². The van der Waals surface area contributed by atoms with Crippen LogP contribution < -0.4 is 5.32 Å². The van der Waals surface area contributed by atoms with Crippen LogP contribution in [0.4, 0.5) is 4.79 Å². The largest absolute Gasteiger partial charge is 0.450 e. The molecule has 0 bridgehead atoms. The maximum Gasteiger partial charge on any atom is 0.409 e. The van der Waals surface area contributed by atoms with Crippen LogP contribution in [0.2, 0.25) is 0 Å². The van der Waals surface area contributed by atoms with Crippen LogP contribution in [-0.2, 0) is 4.74 Å². The third kappa shape index (κ3) is 3.98. The quantitative estimate of drug-likeness (QED) is 0.924. The van der Waals surface area contributed by atoms with Gasteiger partial charge < -0.3 is 15.0 Å². The summed E-state index contributed by atoms with van der Waals surface area (Å²) >= 11 is 0. The van der Waals surface area contributed by atoms with Crippen molar-refractivity contribution < 1.29 is 14.3 Å². The average molecular weight is 301 g/mol. The number of hydrogen-bond acceptors (Lipinski definition) is 4. The van der Waals surface area contributed by atoms with Gasteiger partial charge in [0.25, 0.3) is 5.91 Å². The average Bonchev–Trinajstić information content (AvgIpc) is 2.55. The molecule has 6 nitrogen and oxygen atoms in total. The van der Waals surface area contributed by atoms with Crippen molar-refractivity contribution in [3.8, 4) is 6.07 Å². The predicted octanol–water partition coefficient (Wildman–Crippen LogP) is 1.91. The fourth-order valence-electron chi connectivity index (χ4n) is 2.42. The standard InChI is InChI=1S/C16H19N3O3/c1-2-22-16(21)19-8-6-14(7-9-19)18-15(20)13-5-3-4-12(10-13)11-17/h3-5,10,14H,2,6-9H2,1H3,(H,18,20). The van der Waals surface area contributed by atoms with E-state index in [0.717, 1.165) is 0 Å². The van der Waals surface area contributed by atoms with E-state index in [1.54, 1.807) is 36.1 Å². The Balaban J connectivity index is 1.86. The number of benzene rings is 1. The molecule has 0 atom stereocenters. The summed E-state index contributed by atoms with van der Waals surface area (Å²) in [4.78, 5) is 25.4. The summed E-state index contributed by atoms with van der Waals surface area (Å²) in [7, 11) is 0. The summed E-state index contributed by atoms with van der Waals surface area (Å²) in [6.07, 6.45) is 1.10. The van der Waals surface area contributed by atoms with Crippen molar-refractivity contribution in [1.29, 1.82) is 5.26 Å². The Hall–Kier alpha value is -2.55. The number of rotatable bonds is 3. The van der Waals surface area contributed by atoms with Crippen molar-refractivity contribution in [3.05, 3.63) is 35.4 Å². The highest BCUT2D eigenvalue weighted by atomic mass is 16.6. The molecule has 1 aliphatic heterocycles. The fourth-order valence-corrected chi connectivity index (χ4v) is 2.42. The second kappa shape index (κ2) is 7.46. The van der Waals surface area contributed by atoms with Gasteiger partial charge in [0.05, 0.1) is 18.2 Å². The van der Waals surface area contributed by atoms with Gasteiger partial charge in [0, 0.05) is 24.7 Å². The molecule has 0 radical (unpaired) electrons. The number of nitrogens with zero attached hydrogens (tertiary/aromatic N) is 2. The van der Waals surface area contributed by atoms with E-state index in [-0.39, 0.29) is 18.0 Å². The Kier molecular flexibility index (Phi) is 5.37. The van der Waals surface area contributed by atoms with Gasteiger partial charge in [0.1, 0.15) is 0 Å². The van der Waals surface area contributed by atoms with E-state index >= 15 is 0 Å². The molecule has 116 valence electrons. The number of piperidine rings is 1. The lowest BCUT2D eigenvalue weighted by atomic mass is 10.0. The zero-order chi connectivity index (χ0) is 15.9. The molecular weight excluding hydrogens is 282 g/mol. The zero-order valence-corrected chi connectivity index (χ0v) is 12.5. The van der Waals surface area contributed by atoms with Crippen LogP contribution in [0.3, 0.4) is 0 Å². The minimum Gasteiger partial charge on any atom is -0.450 e. The molecule has 6 heteroatoms. The molecule has 1 aromatic carbocycles. The molecule has 2 rings (SSSR count). The van der Waals surface area contributed by atoms with Crippen molar-refractivity contribution >= 4 is 12.0 Å². The molecule has 1 aromatic rings. The Bertz CT molecular complexity index is 587. The minimum absolute atomic E-state index is 0.0314. The van der Waals surface area contributed by atoms with Crippen LogP contribution in [0.5, 0.6) is 0 Å². The normalized spacial score (nSPS) is 15.0. The van der Waals surface area contributed by atoms with E-state index < -0.39 is 0 Å². The van der Waals surface area contributed by atoms with Gasteiger partial charge in [0.2, 0.25) is 0 Å². The first-order valence-electron chi connectivity index (χ1n) is 7.36. The molecule has 1 heterocycles. The number of hydrogen-bond donors (Lipinski definition) is 1. The van der Waals surface area contributed by atoms with E-state index in [0.29, 0.717) is 43.7 Å². The molecule has 0 aliphatic carbocycles. The van der Waals surface area contributed by atoms with Crippen molar-refractivity contribution in [2.45, 2.75) is 25.8 Å². The second-order valence-corrected chi connectivity index (χ2v) is 5.13. The topological polar surface area (TPSA) is 82.4 Å². The van der Waals surface area contributed by atoms with Crippen LogP contribution in [0.1, 0.15) is 35.7 Å². The molecule has 2 amide bonds. The Morgan fingerprint density at radius 2 is 2.14 bits per heavy atom. The lowest BCUT2D eigenvalue weighted by Crippen LogP contribution is -2.46. The lowest BCUT2D eigenvalue weighted by Gasteiger charge is -2.31. The molecular formula is C16H19N3O3. The molecule has 0 aromatic heterocycles. The highest BCUT2D eigenvalue weighted by molar-refractivity contribution is 5.94. The van der Waals surface area contributed by atoms with Gasteiger partial charge in [-0.25, -0.2) is 4.79 Å². The maximum absolute atomic E-state index is 12.2. The van der Waals surface area contributed by atoms with Gasteiger partial charge in [-0.05, 0) is 38.0 Å². The highest BCUT2D eigenvalue weighted by Gasteiger charge is 2.24. The van der Waals surface area contributed by atoms with Crippen molar-refractivity contribution in [2.24, 2.45) is 0 Å². The summed E-state index contributed by atoms with van der Waals surface area (Å²) in [5.74, 6) is -0.188. The maximum atomic E-state index is 12.2. The fraction of sp³-hybridized carbons (Fsp3) is 0.438. The summed E-state index contributed by atoms with van der Waals surface area (Å²) < 4.78 is 4.96. The molecule has 0 unspecified atom stereocenters. The Morgan fingerprint density at radius 1 is 1.41 bits per heavy atom. The van der Waals surface area contributed by atoms with Crippen LogP contribution in [0.25, 0.3) is 0 Å². The lowest BCUT2D eigenvalue weighted by molar-refractivity contribution is 0.0860. The van der Waals surface area contributed by atoms with E-state index in [1.165, 1.54) is 0 Å². The molecule has 1 aliphatic rings. The number of carbonyl (C=O) groups excluding carboxylic acids is 2. The molecule has 0 saturated carbocycles. The van der Waals surface area contributed by atoms with Crippen LogP contribution in [-0.4, -0.2) is 42.6 Å². The first kappa shape index (κ1) is 15.8. The number of carbonyl (C=O) groups is 2. The van der Waals surface area contributed by atoms with Crippen molar-refractivity contribution in [1.82, 2.24) is 10.2 Å². The van der Waals surface area contributed by atoms with Gasteiger partial charge in [-0.3, -0.25) is 4.79 Å². The number of nitriles is 1. The summed E-state index contributed by atoms with van der Waals surface area (Å²) in [6.45, 7) is 3.29. The SMILES string of the molecule is CCOC(=O)N1CCC(NC(=O)c2cccc(C#N)c2)CC1. The minimum atomic E-state index is -0.297. The van der Waals surface area contributed by atoms with E-state index in [1.807, 2.05) is 6.07 Å². The molecule has 22 heavy (non-hydrogen) atoms. The first-order chi connectivity index (χ1) is 10.6. The first-order valence-corrected chi connectivity index (χ1v) is 7.36. The van der Waals surface area contributed by atoms with Crippen LogP contribution >= 0.6 is 0 Å². The van der Waals surface area contributed by atoms with Gasteiger partial charge in [-0.1, -0.05) is 6.07 Å². The second-order valence-electron chi connectivity index (χ2n) is 5.13. The molecule has 1 N–H and O–H groups in total. The van der Waals surface area contributed by atoms with Crippen LogP contribution in [0, 0.1) is 11.3 Å². The summed E-state index contributed by atoms with van der Waals surface area (Å²) in [5.41, 5.74) is 0.941. The molecule has 0 spiro atoms. The van der Waals surface area contributed by atoms with Gasteiger partial charge in [0.15, 0.2) is 0 Å². The van der Waals surface area contributed by atoms with Gasteiger partial charge in [-0.2, -0.15) is 5.26 Å². The number of nitrogens with one attached hydrogen (secondary N) is 1. The van der Waals surface area contributed by atoms with E-state index in [9.17, 15) is 9.59 Å². The van der Waals surface area contributed by atoms with Crippen molar-refractivity contribution in [3.63, 3.8) is 0 Å². The van der Waals surface area contributed by atoms with E-state index in [2.05, 4.69) is 5.32 Å². The van der Waals surface area contributed by atoms with Crippen LogP contribution in [0.15, 0.2) is 24.3 Å². The van der Waals surface area contributed by atoms with Crippen molar-refractivity contribution in [2.75, 3.05) is 19.7 Å². The third-order valence-electron chi connectivity index (χ3n) is 3.61. The highest BCUT2D eigenvalue weighted by Crippen LogP contribution is 2.13. The summed E-state index contributed by atoms with van der Waals surface area (Å²) in [5, 5.41) is 11.8. The number of likely N-dealkylation sites (tertiary alicyclic amines) is 1. The zero-order valence-electron chi connectivity index (χ0n) is 12.5. The molecule has 1 fully saturated rings.